The predicted molar refractivity (Wildman–Crippen MR) is 106 cm³/mol. The van der Waals surface area contributed by atoms with Crippen LogP contribution in [0.5, 0.6) is 0 Å². The zero-order valence-corrected chi connectivity index (χ0v) is 15.4. The molecule has 130 valence electrons. The first-order chi connectivity index (χ1) is 12.0. The van der Waals surface area contributed by atoms with Crippen LogP contribution in [0.25, 0.3) is 10.9 Å². The molecule has 25 heavy (non-hydrogen) atoms. The lowest BCUT2D eigenvalue weighted by molar-refractivity contribution is -0.104. The third-order valence-corrected chi connectivity index (χ3v) is 5.36. The first kappa shape index (κ1) is 17.5. The number of hydrogen-bond acceptors (Lipinski definition) is 1. The molecule has 0 aliphatic heterocycles. The Kier molecular flexibility index (Phi) is 5.08. The molecule has 0 spiro atoms. The predicted octanol–water partition coefficient (Wildman–Crippen LogP) is 5.92. The van der Waals surface area contributed by atoms with Crippen molar-refractivity contribution in [2.45, 2.75) is 46.5 Å². The highest BCUT2D eigenvalue weighted by Gasteiger charge is 2.26. The largest absolute Gasteiger partial charge is 0.361 e. The Morgan fingerprint density at radius 3 is 2.84 bits per heavy atom. The monoisotopic (exact) mass is 333 g/mol. The minimum atomic E-state index is 0.214. The fourth-order valence-corrected chi connectivity index (χ4v) is 3.96. The van der Waals surface area contributed by atoms with E-state index in [0.717, 1.165) is 23.8 Å². The molecule has 3 rings (SSSR count). The molecule has 2 nitrogen and oxygen atoms in total. The van der Waals surface area contributed by atoms with Crippen LogP contribution in [0.4, 0.5) is 0 Å². The molecular weight excluding hydrogens is 306 g/mol. The number of rotatable bonds is 5. The molecule has 1 aliphatic rings. The quantitative estimate of drug-likeness (QED) is 0.411. The molecule has 0 bridgehead atoms. The average molecular weight is 333 g/mol. The lowest BCUT2D eigenvalue weighted by atomic mass is 9.72. The molecule has 2 heteroatoms. The average Bonchev–Trinajstić information content (AvgIpc) is 2.97. The molecule has 0 saturated heterocycles. The molecule has 1 heterocycles. The summed E-state index contributed by atoms with van der Waals surface area (Å²) in [4.78, 5) is 14.4. The van der Waals surface area contributed by atoms with Gasteiger partial charge in [0, 0.05) is 17.1 Å². The van der Waals surface area contributed by atoms with E-state index < -0.39 is 0 Å². The number of aldehydes is 1. The summed E-state index contributed by atoms with van der Waals surface area (Å²) >= 11 is 0. The highest BCUT2D eigenvalue weighted by atomic mass is 16.1. The Morgan fingerprint density at radius 2 is 2.08 bits per heavy atom. The smallest absolute Gasteiger partial charge is 0.143 e. The van der Waals surface area contributed by atoms with Crippen molar-refractivity contribution in [3.8, 4) is 0 Å². The summed E-state index contributed by atoms with van der Waals surface area (Å²) in [5, 5.41) is 1.22. The molecule has 0 unspecified atom stereocenters. The molecule has 0 fully saturated rings. The molecule has 2 aromatic rings. The molecule has 0 radical (unpaired) electrons. The van der Waals surface area contributed by atoms with Crippen molar-refractivity contribution in [1.82, 2.24) is 4.98 Å². The Bertz CT molecular complexity index is 861. The molecule has 0 amide bonds. The first-order valence-electron chi connectivity index (χ1n) is 9.09. The van der Waals surface area contributed by atoms with Gasteiger partial charge in [0.25, 0.3) is 0 Å². The summed E-state index contributed by atoms with van der Waals surface area (Å²) in [6.07, 6.45) is 13.4. The minimum Gasteiger partial charge on any atom is -0.361 e. The number of aromatic amines is 1. The number of nitrogens with one attached hydrogen (secondary N) is 1. The van der Waals surface area contributed by atoms with Crippen molar-refractivity contribution in [3.05, 3.63) is 71.0 Å². The number of carbonyl (C=O) groups excluding carboxylic acids is 1. The lowest BCUT2D eigenvalue weighted by Gasteiger charge is -2.33. The number of fused-ring (bicyclic) bond motifs is 1. The van der Waals surface area contributed by atoms with E-state index in [9.17, 15) is 4.79 Å². The van der Waals surface area contributed by atoms with E-state index in [1.807, 2.05) is 12.3 Å². The van der Waals surface area contributed by atoms with Gasteiger partial charge in [0.1, 0.15) is 6.29 Å². The number of benzene rings is 1. The highest BCUT2D eigenvalue weighted by Crippen LogP contribution is 2.40. The van der Waals surface area contributed by atoms with Gasteiger partial charge in [-0.25, -0.2) is 0 Å². The summed E-state index contributed by atoms with van der Waals surface area (Å²) in [5.74, 6) is 0. The third-order valence-electron chi connectivity index (χ3n) is 5.36. The van der Waals surface area contributed by atoms with Gasteiger partial charge in [-0.05, 0) is 66.9 Å². The number of aromatic nitrogens is 1. The van der Waals surface area contributed by atoms with Crippen molar-refractivity contribution in [3.63, 3.8) is 0 Å². The molecular formula is C23H27NO. The fourth-order valence-electron chi connectivity index (χ4n) is 3.96. The van der Waals surface area contributed by atoms with Crippen LogP contribution in [0.15, 0.2) is 65.4 Å². The standard InChI is InChI=1S/C23H27NO/c1-17-7-6-13-23(2,3)21(17)11-10-18(12-14-25)15-19-16-24-22-9-5-4-8-20(19)22/h4-5,8-12,14,16,24H,6-7,13,15H2,1-3H3/b11-10+,18-12+. The van der Waals surface area contributed by atoms with E-state index in [1.165, 1.54) is 41.4 Å². The van der Waals surface area contributed by atoms with E-state index in [0.29, 0.717) is 0 Å². The van der Waals surface area contributed by atoms with Crippen LogP contribution in [0, 0.1) is 5.41 Å². The zero-order chi connectivity index (χ0) is 17.9. The van der Waals surface area contributed by atoms with Gasteiger partial charge >= 0.3 is 0 Å². The Morgan fingerprint density at radius 1 is 1.28 bits per heavy atom. The van der Waals surface area contributed by atoms with Gasteiger partial charge in [-0.2, -0.15) is 0 Å². The van der Waals surface area contributed by atoms with Crippen LogP contribution in [0.3, 0.4) is 0 Å². The highest BCUT2D eigenvalue weighted by molar-refractivity contribution is 5.83. The van der Waals surface area contributed by atoms with E-state index in [1.54, 1.807) is 6.08 Å². The van der Waals surface area contributed by atoms with Gasteiger partial charge < -0.3 is 4.98 Å². The zero-order valence-electron chi connectivity index (χ0n) is 15.4. The summed E-state index contributed by atoms with van der Waals surface area (Å²) in [6.45, 7) is 6.87. The second-order valence-corrected chi connectivity index (χ2v) is 7.68. The van der Waals surface area contributed by atoms with Crippen LogP contribution >= 0.6 is 0 Å². The Labute approximate surface area is 150 Å². The molecule has 0 atom stereocenters. The molecule has 0 saturated carbocycles. The number of carbonyl (C=O) groups is 1. The van der Waals surface area contributed by atoms with E-state index >= 15 is 0 Å². The van der Waals surface area contributed by atoms with Crippen molar-refractivity contribution < 1.29 is 4.79 Å². The maximum Gasteiger partial charge on any atom is 0.143 e. The maximum absolute atomic E-state index is 11.1. The fraction of sp³-hybridized carbons (Fsp3) is 0.348. The number of hydrogen-bond donors (Lipinski definition) is 1. The van der Waals surface area contributed by atoms with Crippen LogP contribution in [0.2, 0.25) is 0 Å². The van der Waals surface area contributed by atoms with Gasteiger partial charge in [-0.3, -0.25) is 4.79 Å². The first-order valence-corrected chi connectivity index (χ1v) is 9.09. The van der Waals surface area contributed by atoms with E-state index in [2.05, 4.69) is 56.1 Å². The molecule has 1 aliphatic carbocycles. The second-order valence-electron chi connectivity index (χ2n) is 7.68. The minimum absolute atomic E-state index is 0.214. The van der Waals surface area contributed by atoms with Crippen LogP contribution < -0.4 is 0 Å². The van der Waals surface area contributed by atoms with Gasteiger partial charge in [0.2, 0.25) is 0 Å². The van der Waals surface area contributed by atoms with Crippen LogP contribution in [0.1, 0.15) is 45.6 Å². The van der Waals surface area contributed by atoms with Gasteiger partial charge in [0.05, 0.1) is 0 Å². The van der Waals surface area contributed by atoms with Gasteiger partial charge in [-0.15, -0.1) is 0 Å². The third kappa shape index (κ3) is 3.84. The number of H-pyrrole nitrogens is 1. The summed E-state index contributed by atoms with van der Waals surface area (Å²) < 4.78 is 0. The topological polar surface area (TPSA) is 32.9 Å². The molecule has 1 aromatic heterocycles. The van der Waals surface area contributed by atoms with E-state index in [-0.39, 0.29) is 5.41 Å². The summed E-state index contributed by atoms with van der Waals surface area (Å²) in [5.41, 5.74) is 6.52. The number of para-hydroxylation sites is 1. The van der Waals surface area contributed by atoms with Crippen LogP contribution in [-0.4, -0.2) is 11.3 Å². The lowest BCUT2D eigenvalue weighted by Crippen LogP contribution is -2.19. The summed E-state index contributed by atoms with van der Waals surface area (Å²) in [6, 6.07) is 8.29. The Hall–Kier alpha value is -2.35. The maximum atomic E-state index is 11.1. The summed E-state index contributed by atoms with van der Waals surface area (Å²) in [7, 11) is 0. The second kappa shape index (κ2) is 7.26. The molecule has 1 aromatic carbocycles. The molecule has 1 N–H and O–H groups in total. The van der Waals surface area contributed by atoms with E-state index in [4.69, 9.17) is 0 Å². The number of allylic oxidation sites excluding steroid dienone is 6. The normalized spacial score (nSPS) is 18.3. The van der Waals surface area contributed by atoms with Crippen molar-refractivity contribution in [2.75, 3.05) is 0 Å². The SMILES string of the molecule is CC1=C(/C=C/C(=C\C=O)Cc2c[nH]c3ccccc23)C(C)(C)CCC1. The van der Waals surface area contributed by atoms with Crippen molar-refractivity contribution in [2.24, 2.45) is 5.41 Å². The van der Waals surface area contributed by atoms with Crippen LogP contribution in [-0.2, 0) is 11.2 Å². The Balaban J connectivity index is 1.87. The van der Waals surface area contributed by atoms with Crippen molar-refractivity contribution >= 4 is 17.2 Å². The van der Waals surface area contributed by atoms with Gasteiger partial charge in [0.15, 0.2) is 0 Å². The van der Waals surface area contributed by atoms with Crippen molar-refractivity contribution in [1.29, 1.82) is 0 Å². The van der Waals surface area contributed by atoms with Gasteiger partial charge in [-0.1, -0.05) is 49.8 Å².